The fourth-order valence-corrected chi connectivity index (χ4v) is 5.71. The van der Waals surface area contributed by atoms with E-state index < -0.39 is 16.1 Å². The van der Waals surface area contributed by atoms with Crippen LogP contribution in [-0.4, -0.2) is 50.0 Å². The third-order valence-corrected chi connectivity index (χ3v) is 8.33. The summed E-state index contributed by atoms with van der Waals surface area (Å²) in [5.41, 5.74) is 2.53. The molecule has 0 saturated heterocycles. The van der Waals surface area contributed by atoms with Crippen LogP contribution < -0.4 is 9.62 Å². The average Bonchev–Trinajstić information content (AvgIpc) is 3.34. The molecule has 0 bridgehead atoms. The number of halogens is 1. The van der Waals surface area contributed by atoms with Gasteiger partial charge < -0.3 is 10.2 Å². The van der Waals surface area contributed by atoms with Gasteiger partial charge in [0.2, 0.25) is 21.8 Å². The monoisotopic (exact) mass is 577 g/mol. The Bertz CT molecular complexity index is 1130. The number of nitrogens with one attached hydrogen (secondary N) is 1. The summed E-state index contributed by atoms with van der Waals surface area (Å²) in [5.74, 6) is -0.325. The minimum absolute atomic E-state index is 0.134. The zero-order valence-electron chi connectivity index (χ0n) is 21.2. The van der Waals surface area contributed by atoms with Crippen molar-refractivity contribution in [1.82, 2.24) is 10.2 Å². The van der Waals surface area contributed by atoms with Crippen molar-refractivity contribution in [3.63, 3.8) is 0 Å². The van der Waals surface area contributed by atoms with E-state index in [1.165, 1.54) is 10.6 Å². The van der Waals surface area contributed by atoms with Crippen LogP contribution in [0.4, 0.5) is 5.69 Å². The van der Waals surface area contributed by atoms with Gasteiger partial charge in [0.25, 0.3) is 0 Å². The fraction of sp³-hybridized carbons (Fsp3) is 0.481. The van der Waals surface area contributed by atoms with E-state index in [0.29, 0.717) is 18.7 Å². The average molecular weight is 579 g/mol. The predicted molar refractivity (Wildman–Crippen MR) is 147 cm³/mol. The van der Waals surface area contributed by atoms with E-state index in [1.807, 2.05) is 43.3 Å². The van der Waals surface area contributed by atoms with Crippen molar-refractivity contribution in [3.8, 4) is 0 Å². The second-order valence-electron chi connectivity index (χ2n) is 9.59. The van der Waals surface area contributed by atoms with Gasteiger partial charge in [-0.05, 0) is 62.9 Å². The van der Waals surface area contributed by atoms with Crippen molar-refractivity contribution in [2.45, 2.75) is 71.0 Å². The molecule has 0 aromatic heterocycles. The standard InChI is InChI=1S/C27H36BrN3O4S/c1-20-10-16-25(17-11-20)31(36(3,34)35)18-6-9-26(32)30(19-22-12-14-23(28)15-13-22)21(2)27(33)29-24-7-4-5-8-24/h10-17,21,24H,4-9,18-19H2,1-3H3,(H,29,33)/t21-/m0/s1. The molecule has 2 aromatic rings. The number of benzene rings is 2. The minimum atomic E-state index is -3.50. The van der Waals surface area contributed by atoms with Crippen molar-refractivity contribution >= 4 is 43.5 Å². The van der Waals surface area contributed by atoms with Crippen molar-refractivity contribution in [1.29, 1.82) is 0 Å². The molecule has 1 fully saturated rings. The number of amides is 2. The van der Waals surface area contributed by atoms with Crippen molar-refractivity contribution < 1.29 is 18.0 Å². The smallest absolute Gasteiger partial charge is 0.242 e. The van der Waals surface area contributed by atoms with Gasteiger partial charge in [-0.15, -0.1) is 0 Å². The summed E-state index contributed by atoms with van der Waals surface area (Å²) in [6.07, 6.45) is 5.81. The third kappa shape index (κ3) is 8.06. The normalized spacial score (nSPS) is 14.9. The highest BCUT2D eigenvalue weighted by molar-refractivity contribution is 9.10. The Hall–Kier alpha value is -2.39. The molecule has 7 nitrogen and oxygen atoms in total. The Morgan fingerprint density at radius 2 is 1.67 bits per heavy atom. The van der Waals surface area contributed by atoms with E-state index in [-0.39, 0.29) is 30.8 Å². The molecule has 9 heteroatoms. The molecule has 1 saturated carbocycles. The summed E-state index contributed by atoms with van der Waals surface area (Å²) in [6.45, 7) is 4.19. The molecule has 3 rings (SSSR count). The highest BCUT2D eigenvalue weighted by Gasteiger charge is 2.28. The number of carbonyl (C=O) groups is 2. The molecule has 0 heterocycles. The Morgan fingerprint density at radius 3 is 2.25 bits per heavy atom. The summed E-state index contributed by atoms with van der Waals surface area (Å²) in [7, 11) is -3.50. The quantitative estimate of drug-likeness (QED) is 0.416. The number of aryl methyl sites for hydroxylation is 1. The van der Waals surface area contributed by atoms with E-state index in [9.17, 15) is 18.0 Å². The lowest BCUT2D eigenvalue weighted by Crippen LogP contribution is -2.49. The SMILES string of the molecule is Cc1ccc(N(CCCC(=O)N(Cc2ccc(Br)cc2)[C@@H](C)C(=O)NC2CCCC2)S(C)(=O)=O)cc1. The second kappa shape index (κ2) is 12.7. The molecule has 2 amide bonds. The Morgan fingerprint density at radius 1 is 1.06 bits per heavy atom. The zero-order chi connectivity index (χ0) is 26.3. The molecular weight excluding hydrogens is 542 g/mol. The van der Waals surface area contributed by atoms with Crippen LogP contribution >= 0.6 is 15.9 Å². The first-order valence-electron chi connectivity index (χ1n) is 12.4. The number of hydrogen-bond acceptors (Lipinski definition) is 4. The lowest BCUT2D eigenvalue weighted by atomic mass is 10.1. The molecule has 1 atom stereocenters. The van der Waals surface area contributed by atoms with Crippen molar-refractivity contribution in [3.05, 3.63) is 64.1 Å². The first kappa shape index (κ1) is 28.2. The van der Waals surface area contributed by atoms with Crippen LogP contribution in [0.1, 0.15) is 56.6 Å². The topological polar surface area (TPSA) is 86.8 Å². The van der Waals surface area contributed by atoms with Gasteiger partial charge in [-0.1, -0.05) is 58.6 Å². The predicted octanol–water partition coefficient (Wildman–Crippen LogP) is 4.78. The van der Waals surface area contributed by atoms with Crippen LogP contribution in [0.5, 0.6) is 0 Å². The van der Waals surface area contributed by atoms with Gasteiger partial charge in [0.05, 0.1) is 11.9 Å². The first-order valence-corrected chi connectivity index (χ1v) is 15.1. The van der Waals surface area contributed by atoms with E-state index >= 15 is 0 Å². The lowest BCUT2D eigenvalue weighted by molar-refractivity contribution is -0.141. The van der Waals surface area contributed by atoms with Crippen LogP contribution in [0.15, 0.2) is 53.0 Å². The summed E-state index contributed by atoms with van der Waals surface area (Å²) < 4.78 is 27.1. The number of rotatable bonds is 11. The largest absolute Gasteiger partial charge is 0.352 e. The molecule has 0 unspecified atom stereocenters. The van der Waals surface area contributed by atoms with Gasteiger partial charge in [0, 0.05) is 30.0 Å². The molecule has 0 radical (unpaired) electrons. The van der Waals surface area contributed by atoms with Crippen LogP contribution in [0.25, 0.3) is 0 Å². The molecule has 36 heavy (non-hydrogen) atoms. The van der Waals surface area contributed by atoms with Gasteiger partial charge in [-0.3, -0.25) is 13.9 Å². The van der Waals surface area contributed by atoms with E-state index in [0.717, 1.165) is 41.3 Å². The summed E-state index contributed by atoms with van der Waals surface area (Å²) in [6, 6.07) is 14.5. The maximum absolute atomic E-state index is 13.4. The summed E-state index contributed by atoms with van der Waals surface area (Å²) in [5, 5.41) is 3.10. The number of carbonyl (C=O) groups excluding carboxylic acids is 2. The van der Waals surface area contributed by atoms with Crippen LogP contribution in [0.3, 0.4) is 0 Å². The maximum Gasteiger partial charge on any atom is 0.242 e. The molecule has 1 N–H and O–H groups in total. The molecule has 0 aliphatic heterocycles. The Labute approximate surface area is 223 Å². The highest BCUT2D eigenvalue weighted by Crippen LogP contribution is 2.21. The molecule has 1 aliphatic rings. The fourth-order valence-electron chi connectivity index (χ4n) is 4.48. The molecular formula is C27H36BrN3O4S. The van der Waals surface area contributed by atoms with Crippen LogP contribution in [0, 0.1) is 6.92 Å². The third-order valence-electron chi connectivity index (χ3n) is 6.61. The highest BCUT2D eigenvalue weighted by atomic mass is 79.9. The molecule has 196 valence electrons. The van der Waals surface area contributed by atoms with Crippen LogP contribution in [0.2, 0.25) is 0 Å². The van der Waals surface area contributed by atoms with E-state index in [4.69, 9.17) is 0 Å². The van der Waals surface area contributed by atoms with Gasteiger partial charge in [-0.25, -0.2) is 8.42 Å². The van der Waals surface area contributed by atoms with Crippen LogP contribution in [-0.2, 0) is 26.2 Å². The van der Waals surface area contributed by atoms with Gasteiger partial charge >= 0.3 is 0 Å². The second-order valence-corrected chi connectivity index (χ2v) is 12.4. The number of anilines is 1. The summed E-state index contributed by atoms with van der Waals surface area (Å²) >= 11 is 3.43. The van der Waals surface area contributed by atoms with Crippen molar-refractivity contribution in [2.75, 3.05) is 17.1 Å². The first-order chi connectivity index (χ1) is 17.0. The number of nitrogens with zero attached hydrogens (tertiary/aromatic N) is 2. The zero-order valence-corrected chi connectivity index (χ0v) is 23.6. The lowest BCUT2D eigenvalue weighted by Gasteiger charge is -2.30. The Kier molecular flexibility index (Phi) is 9.96. The molecule has 2 aromatic carbocycles. The molecule has 0 spiro atoms. The Balaban J connectivity index is 1.70. The van der Waals surface area contributed by atoms with Gasteiger partial charge in [-0.2, -0.15) is 0 Å². The van der Waals surface area contributed by atoms with E-state index in [1.54, 1.807) is 24.0 Å². The summed E-state index contributed by atoms with van der Waals surface area (Å²) in [4.78, 5) is 28.0. The van der Waals surface area contributed by atoms with Gasteiger partial charge in [0.1, 0.15) is 6.04 Å². The van der Waals surface area contributed by atoms with Gasteiger partial charge in [0.15, 0.2) is 0 Å². The number of sulfonamides is 1. The molecule has 1 aliphatic carbocycles. The minimum Gasteiger partial charge on any atom is -0.352 e. The van der Waals surface area contributed by atoms with E-state index in [2.05, 4.69) is 21.2 Å². The number of hydrogen-bond donors (Lipinski definition) is 1. The maximum atomic E-state index is 13.4. The van der Waals surface area contributed by atoms with Crippen molar-refractivity contribution in [2.24, 2.45) is 0 Å².